The Labute approximate surface area is 180 Å². The van der Waals surface area contributed by atoms with Crippen LogP contribution in [-0.2, 0) is 14.3 Å². The topological polar surface area (TPSA) is 102 Å². The number of esters is 1. The highest BCUT2D eigenvalue weighted by atomic mass is 16.5. The highest BCUT2D eigenvalue weighted by Crippen LogP contribution is 2.32. The Kier molecular flexibility index (Phi) is 7.02. The lowest BCUT2D eigenvalue weighted by Crippen LogP contribution is -2.35. The molecule has 0 saturated carbocycles. The Morgan fingerprint density at radius 2 is 1.77 bits per heavy atom. The van der Waals surface area contributed by atoms with E-state index in [1.54, 1.807) is 49.5 Å². The lowest BCUT2D eigenvalue weighted by atomic mass is 10.0. The van der Waals surface area contributed by atoms with E-state index >= 15 is 0 Å². The van der Waals surface area contributed by atoms with Crippen molar-refractivity contribution >= 4 is 34.9 Å². The molecule has 0 atom stereocenters. The molecule has 0 aliphatic carbocycles. The Hall–Kier alpha value is -3.68. The van der Waals surface area contributed by atoms with E-state index in [4.69, 9.17) is 9.47 Å². The number of ether oxygens (including phenoxy) is 2. The monoisotopic (exact) mass is 424 g/mol. The van der Waals surface area contributed by atoms with Crippen molar-refractivity contribution in [2.24, 2.45) is 0 Å². The molecule has 2 aromatic carbocycles. The molecule has 31 heavy (non-hydrogen) atoms. The van der Waals surface area contributed by atoms with Crippen LogP contribution in [0.4, 0.5) is 11.4 Å². The molecule has 8 nitrogen and oxygen atoms in total. The molecule has 0 bridgehead atoms. The molecular weight excluding hydrogens is 400 g/mol. The van der Waals surface area contributed by atoms with E-state index in [1.165, 1.54) is 4.90 Å². The second-order valence-electron chi connectivity index (χ2n) is 7.11. The maximum Gasteiger partial charge on any atom is 0.338 e. The van der Waals surface area contributed by atoms with Gasteiger partial charge in [-0.05, 0) is 48.9 Å². The fraction of sp³-hybridized carbons (Fsp3) is 0.304. The van der Waals surface area contributed by atoms with Crippen LogP contribution in [0.3, 0.4) is 0 Å². The summed E-state index contributed by atoms with van der Waals surface area (Å²) in [5.41, 5.74) is 1.87. The first-order valence-corrected chi connectivity index (χ1v) is 10.0. The summed E-state index contributed by atoms with van der Waals surface area (Å²) in [5, 5.41) is 2.70. The fourth-order valence-electron chi connectivity index (χ4n) is 3.01. The summed E-state index contributed by atoms with van der Waals surface area (Å²) in [5.74, 6) is -0.589. The van der Waals surface area contributed by atoms with E-state index in [-0.39, 0.29) is 37.0 Å². The molecule has 0 saturated heterocycles. The van der Waals surface area contributed by atoms with Gasteiger partial charge in [-0.25, -0.2) is 4.79 Å². The number of hydrogen-bond donors (Lipinski definition) is 1. The predicted octanol–water partition coefficient (Wildman–Crippen LogP) is 3.21. The largest absolute Gasteiger partial charge is 0.482 e. The van der Waals surface area contributed by atoms with Crippen molar-refractivity contribution in [1.82, 2.24) is 0 Å². The van der Waals surface area contributed by atoms with Crippen molar-refractivity contribution in [1.29, 1.82) is 0 Å². The minimum atomic E-state index is -0.409. The van der Waals surface area contributed by atoms with Gasteiger partial charge in [0, 0.05) is 31.1 Å². The zero-order valence-electron chi connectivity index (χ0n) is 17.5. The molecule has 0 spiro atoms. The van der Waals surface area contributed by atoms with Crippen LogP contribution in [-0.4, -0.2) is 43.8 Å². The second-order valence-corrected chi connectivity index (χ2v) is 7.11. The quantitative estimate of drug-likeness (QED) is 0.516. The standard InChI is InChI=1S/C23H24N2O6/c1-3-12-30-23(29)15-4-7-17(8-5-15)24-21(27)11-9-19(26)16-6-10-20-18(13-16)25(2)22(28)14-31-20/h4-8,10,13H,3,9,11-12,14H2,1-2H3,(H,24,27). The zero-order chi connectivity index (χ0) is 22.4. The molecule has 0 radical (unpaired) electrons. The van der Waals surface area contributed by atoms with E-state index in [2.05, 4.69) is 5.32 Å². The first kappa shape index (κ1) is 22.0. The highest BCUT2D eigenvalue weighted by Gasteiger charge is 2.23. The number of nitrogens with one attached hydrogen (secondary N) is 1. The van der Waals surface area contributed by atoms with Gasteiger partial charge in [0.1, 0.15) is 5.75 Å². The van der Waals surface area contributed by atoms with Crippen LogP contribution in [0.1, 0.15) is 46.9 Å². The van der Waals surface area contributed by atoms with Gasteiger partial charge in [0.15, 0.2) is 12.4 Å². The van der Waals surface area contributed by atoms with E-state index in [1.807, 2.05) is 6.92 Å². The number of carbonyl (C=O) groups excluding carboxylic acids is 4. The maximum absolute atomic E-state index is 12.5. The number of nitrogens with zero attached hydrogens (tertiary/aromatic N) is 1. The number of rotatable bonds is 8. The predicted molar refractivity (Wildman–Crippen MR) is 115 cm³/mol. The number of ketones is 1. The Morgan fingerprint density at radius 1 is 1.06 bits per heavy atom. The lowest BCUT2D eigenvalue weighted by molar-refractivity contribution is -0.121. The first-order valence-electron chi connectivity index (χ1n) is 10.0. The highest BCUT2D eigenvalue weighted by molar-refractivity contribution is 6.03. The van der Waals surface area contributed by atoms with Gasteiger partial charge in [0.2, 0.25) is 5.91 Å². The molecule has 0 fully saturated rings. The summed E-state index contributed by atoms with van der Waals surface area (Å²) in [6.45, 7) is 2.24. The molecule has 1 heterocycles. The van der Waals surface area contributed by atoms with Gasteiger partial charge in [-0.2, -0.15) is 0 Å². The van der Waals surface area contributed by atoms with Gasteiger partial charge >= 0.3 is 5.97 Å². The van der Waals surface area contributed by atoms with E-state index in [0.29, 0.717) is 34.9 Å². The molecule has 1 aliphatic rings. The molecule has 3 rings (SSSR count). The van der Waals surface area contributed by atoms with Crippen LogP contribution in [0.2, 0.25) is 0 Å². The number of amides is 2. The molecule has 2 aromatic rings. The van der Waals surface area contributed by atoms with Crippen molar-refractivity contribution < 1.29 is 28.7 Å². The van der Waals surface area contributed by atoms with Crippen molar-refractivity contribution in [3.63, 3.8) is 0 Å². The number of fused-ring (bicyclic) bond motifs is 1. The number of likely N-dealkylation sites (N-methyl/N-ethyl adjacent to an activating group) is 1. The minimum Gasteiger partial charge on any atom is -0.482 e. The second kappa shape index (κ2) is 9.88. The molecule has 1 aliphatic heterocycles. The van der Waals surface area contributed by atoms with Crippen LogP contribution < -0.4 is 15.0 Å². The Morgan fingerprint density at radius 3 is 2.48 bits per heavy atom. The van der Waals surface area contributed by atoms with Gasteiger partial charge in [-0.15, -0.1) is 0 Å². The molecular formula is C23H24N2O6. The van der Waals surface area contributed by atoms with Gasteiger partial charge < -0.3 is 19.7 Å². The third-order valence-electron chi connectivity index (χ3n) is 4.79. The third-order valence-corrected chi connectivity index (χ3v) is 4.79. The third kappa shape index (κ3) is 5.48. The normalized spacial score (nSPS) is 12.6. The van der Waals surface area contributed by atoms with Crippen LogP contribution in [0.25, 0.3) is 0 Å². The van der Waals surface area contributed by atoms with Gasteiger partial charge in [0.25, 0.3) is 5.91 Å². The van der Waals surface area contributed by atoms with Crippen LogP contribution in [0, 0.1) is 0 Å². The van der Waals surface area contributed by atoms with Gasteiger partial charge in [-0.1, -0.05) is 6.92 Å². The van der Waals surface area contributed by atoms with Crippen molar-refractivity contribution in [2.45, 2.75) is 26.2 Å². The van der Waals surface area contributed by atoms with E-state index in [0.717, 1.165) is 6.42 Å². The van der Waals surface area contributed by atoms with Crippen molar-refractivity contribution in [3.8, 4) is 5.75 Å². The summed E-state index contributed by atoms with van der Waals surface area (Å²) in [6, 6.07) is 11.2. The van der Waals surface area contributed by atoms with E-state index in [9.17, 15) is 19.2 Å². The average Bonchev–Trinajstić information content (AvgIpc) is 2.78. The maximum atomic E-state index is 12.5. The number of hydrogen-bond acceptors (Lipinski definition) is 6. The van der Waals surface area contributed by atoms with Crippen LogP contribution in [0.5, 0.6) is 5.75 Å². The molecule has 2 amide bonds. The van der Waals surface area contributed by atoms with Crippen molar-refractivity contribution in [3.05, 3.63) is 53.6 Å². The summed E-state index contributed by atoms with van der Waals surface area (Å²) < 4.78 is 10.4. The SMILES string of the molecule is CCCOC(=O)c1ccc(NC(=O)CCC(=O)c2ccc3c(c2)N(C)C(=O)CO3)cc1. The number of anilines is 2. The number of carbonyl (C=O) groups is 4. The minimum absolute atomic E-state index is 0.00147. The number of benzene rings is 2. The summed E-state index contributed by atoms with van der Waals surface area (Å²) in [4.78, 5) is 49.7. The molecule has 0 unspecified atom stereocenters. The molecule has 8 heteroatoms. The average molecular weight is 424 g/mol. The summed E-state index contributed by atoms with van der Waals surface area (Å²) in [6.07, 6.45) is 0.763. The van der Waals surface area contributed by atoms with E-state index < -0.39 is 5.97 Å². The Bertz CT molecular complexity index is 1000. The molecule has 1 N–H and O–H groups in total. The smallest absolute Gasteiger partial charge is 0.338 e. The summed E-state index contributed by atoms with van der Waals surface area (Å²) >= 11 is 0. The van der Waals surface area contributed by atoms with Crippen molar-refractivity contribution in [2.75, 3.05) is 30.5 Å². The van der Waals surface area contributed by atoms with Gasteiger partial charge in [-0.3, -0.25) is 14.4 Å². The number of Topliss-reactive ketones (excluding diaryl/α,β-unsaturated/α-hetero) is 1. The van der Waals surface area contributed by atoms with Crippen LogP contribution in [0.15, 0.2) is 42.5 Å². The molecule has 0 aromatic heterocycles. The first-order chi connectivity index (χ1) is 14.9. The van der Waals surface area contributed by atoms with Gasteiger partial charge in [0.05, 0.1) is 17.9 Å². The van der Waals surface area contributed by atoms with Crippen LogP contribution >= 0.6 is 0 Å². The lowest BCUT2D eigenvalue weighted by Gasteiger charge is -2.26. The Balaban J connectivity index is 1.53. The zero-order valence-corrected chi connectivity index (χ0v) is 17.5. The fourth-order valence-corrected chi connectivity index (χ4v) is 3.01. The molecule has 162 valence electrons. The summed E-state index contributed by atoms with van der Waals surface area (Å²) in [7, 11) is 1.63.